The molecule has 0 aliphatic rings. The molecule has 0 bridgehead atoms. The van der Waals surface area contributed by atoms with Crippen molar-refractivity contribution in [1.82, 2.24) is 10.2 Å². The fourth-order valence-electron chi connectivity index (χ4n) is 2.97. The average molecular weight is 516 g/mol. The first-order valence-electron chi connectivity index (χ1n) is 10.6. The van der Waals surface area contributed by atoms with Gasteiger partial charge in [-0.1, -0.05) is 47.8 Å². The summed E-state index contributed by atoms with van der Waals surface area (Å²) in [5, 5.41) is 4.55. The molecular formula is C24H29Cl3N2O2S. The van der Waals surface area contributed by atoms with E-state index in [0.29, 0.717) is 27.9 Å². The monoisotopic (exact) mass is 514 g/mol. The summed E-state index contributed by atoms with van der Waals surface area (Å²) in [5.74, 6) is 0.560. The van der Waals surface area contributed by atoms with Gasteiger partial charge in [0.25, 0.3) is 0 Å². The Kier molecular flexibility index (Phi) is 11.2. The zero-order valence-corrected chi connectivity index (χ0v) is 21.6. The molecule has 32 heavy (non-hydrogen) atoms. The Morgan fingerprint density at radius 3 is 2.34 bits per heavy atom. The van der Waals surface area contributed by atoms with Crippen LogP contribution in [0.3, 0.4) is 0 Å². The molecule has 0 saturated carbocycles. The number of carbonyl (C=O) groups excluding carboxylic acids is 2. The summed E-state index contributed by atoms with van der Waals surface area (Å²) in [6.45, 7) is 6.00. The summed E-state index contributed by atoms with van der Waals surface area (Å²) in [4.78, 5) is 28.6. The van der Waals surface area contributed by atoms with Gasteiger partial charge in [0.15, 0.2) is 0 Å². The summed E-state index contributed by atoms with van der Waals surface area (Å²) < 4.78 is 0. The molecule has 1 N–H and O–H groups in total. The van der Waals surface area contributed by atoms with E-state index in [-0.39, 0.29) is 24.4 Å². The molecule has 2 atom stereocenters. The number of halogens is 3. The van der Waals surface area contributed by atoms with Crippen LogP contribution in [0.5, 0.6) is 0 Å². The molecule has 0 radical (unpaired) electrons. The van der Waals surface area contributed by atoms with Crippen molar-refractivity contribution < 1.29 is 9.59 Å². The molecule has 4 nitrogen and oxygen atoms in total. The second-order valence-electron chi connectivity index (χ2n) is 7.67. The molecule has 0 saturated heterocycles. The maximum atomic E-state index is 13.1. The molecule has 2 amide bonds. The largest absolute Gasteiger partial charge is 0.352 e. The second kappa shape index (κ2) is 13.3. The number of nitrogens with zero attached hydrogens (tertiary/aromatic N) is 1. The first-order valence-corrected chi connectivity index (χ1v) is 12.7. The van der Waals surface area contributed by atoms with Gasteiger partial charge in [0.2, 0.25) is 11.8 Å². The third-order valence-electron chi connectivity index (χ3n) is 5.12. The van der Waals surface area contributed by atoms with E-state index >= 15 is 0 Å². The van der Waals surface area contributed by atoms with Crippen molar-refractivity contribution >= 4 is 58.4 Å². The Hall–Kier alpha value is -1.40. The van der Waals surface area contributed by atoms with Crippen molar-refractivity contribution in [2.45, 2.75) is 63.6 Å². The number of carbonyl (C=O) groups is 2. The maximum Gasteiger partial charge on any atom is 0.242 e. The average Bonchev–Trinajstić information content (AvgIpc) is 2.77. The molecule has 0 heterocycles. The lowest BCUT2D eigenvalue weighted by atomic mass is 10.1. The third kappa shape index (κ3) is 8.51. The molecule has 0 aromatic heterocycles. The van der Waals surface area contributed by atoms with Crippen LogP contribution in [0.4, 0.5) is 0 Å². The lowest BCUT2D eigenvalue weighted by Gasteiger charge is -2.30. The first-order chi connectivity index (χ1) is 15.2. The highest BCUT2D eigenvalue weighted by Crippen LogP contribution is 2.25. The number of benzene rings is 2. The lowest BCUT2D eigenvalue weighted by Crippen LogP contribution is -2.49. The van der Waals surface area contributed by atoms with E-state index in [4.69, 9.17) is 34.8 Å². The van der Waals surface area contributed by atoms with Crippen LogP contribution in [0.2, 0.25) is 15.1 Å². The number of thioether (sulfide) groups is 1. The molecule has 0 aliphatic heterocycles. The van der Waals surface area contributed by atoms with Crippen LogP contribution in [0.25, 0.3) is 0 Å². The van der Waals surface area contributed by atoms with Crippen LogP contribution < -0.4 is 5.32 Å². The van der Waals surface area contributed by atoms with Crippen LogP contribution in [0, 0.1) is 0 Å². The highest BCUT2D eigenvalue weighted by Gasteiger charge is 2.26. The van der Waals surface area contributed by atoms with Gasteiger partial charge in [0.05, 0.1) is 10.0 Å². The number of nitrogens with one attached hydrogen (secondary N) is 1. The van der Waals surface area contributed by atoms with Gasteiger partial charge >= 0.3 is 0 Å². The molecule has 0 spiro atoms. The minimum atomic E-state index is -0.602. The van der Waals surface area contributed by atoms with E-state index in [1.807, 2.05) is 44.2 Å². The fourth-order valence-corrected chi connectivity index (χ4v) is 4.27. The van der Waals surface area contributed by atoms with Crippen LogP contribution in [-0.2, 0) is 16.1 Å². The van der Waals surface area contributed by atoms with Crippen LogP contribution in [-0.4, -0.2) is 34.6 Å². The van der Waals surface area contributed by atoms with Crippen molar-refractivity contribution in [3.63, 3.8) is 0 Å². The molecule has 2 aromatic rings. The Morgan fingerprint density at radius 1 is 1.03 bits per heavy atom. The van der Waals surface area contributed by atoms with Crippen LogP contribution in [0.15, 0.2) is 47.4 Å². The van der Waals surface area contributed by atoms with Crippen molar-refractivity contribution in [1.29, 1.82) is 0 Å². The van der Waals surface area contributed by atoms with Gasteiger partial charge in [-0.2, -0.15) is 0 Å². The molecule has 0 fully saturated rings. The minimum Gasteiger partial charge on any atom is -0.352 e. The molecule has 0 unspecified atom stereocenters. The summed E-state index contributed by atoms with van der Waals surface area (Å²) in [6, 6.07) is 12.3. The molecule has 2 aromatic carbocycles. The summed E-state index contributed by atoms with van der Waals surface area (Å²) in [7, 11) is 0. The van der Waals surface area contributed by atoms with E-state index in [1.165, 1.54) is 0 Å². The maximum absolute atomic E-state index is 13.1. The molecule has 0 aliphatic carbocycles. The van der Waals surface area contributed by atoms with Crippen molar-refractivity contribution in [3.8, 4) is 0 Å². The lowest BCUT2D eigenvalue weighted by molar-refractivity contribution is -0.140. The van der Waals surface area contributed by atoms with Gasteiger partial charge in [-0.25, -0.2) is 0 Å². The van der Waals surface area contributed by atoms with E-state index in [1.54, 1.807) is 35.7 Å². The fraction of sp³-hybridized carbons (Fsp3) is 0.417. The Bertz CT molecular complexity index is 909. The van der Waals surface area contributed by atoms with Crippen molar-refractivity contribution in [2.75, 3.05) is 5.75 Å². The van der Waals surface area contributed by atoms with Gasteiger partial charge in [-0.3, -0.25) is 9.59 Å². The Balaban J connectivity index is 2.04. The number of hydrogen-bond donors (Lipinski definition) is 1. The van der Waals surface area contributed by atoms with Crippen LogP contribution in [0.1, 0.15) is 45.6 Å². The Labute approximate surface area is 210 Å². The van der Waals surface area contributed by atoms with Crippen molar-refractivity contribution in [2.24, 2.45) is 0 Å². The minimum absolute atomic E-state index is 0.0441. The van der Waals surface area contributed by atoms with Gasteiger partial charge in [0, 0.05) is 28.9 Å². The summed E-state index contributed by atoms with van der Waals surface area (Å²) in [6.07, 6.45) is 1.87. The van der Waals surface area contributed by atoms with Gasteiger partial charge in [0.1, 0.15) is 6.04 Å². The predicted molar refractivity (Wildman–Crippen MR) is 136 cm³/mol. The quantitative estimate of drug-likeness (QED) is 0.263. The van der Waals surface area contributed by atoms with Crippen molar-refractivity contribution in [3.05, 3.63) is 63.1 Å². The van der Waals surface area contributed by atoms with Crippen LogP contribution >= 0.6 is 46.6 Å². The highest BCUT2D eigenvalue weighted by molar-refractivity contribution is 7.99. The Morgan fingerprint density at radius 2 is 1.72 bits per heavy atom. The summed E-state index contributed by atoms with van der Waals surface area (Å²) >= 11 is 19.8. The normalized spacial score (nSPS) is 12.8. The number of rotatable bonds is 11. The second-order valence-corrected chi connectivity index (χ2v) is 10.1. The topological polar surface area (TPSA) is 49.4 Å². The molecule has 174 valence electrons. The zero-order valence-electron chi connectivity index (χ0n) is 18.5. The SMILES string of the molecule is CC[C@H](C)NC(=O)[C@H](C)N(Cc1ccc(Cl)c(Cl)c1)C(=O)CCCSc1ccc(Cl)cc1. The van der Waals surface area contributed by atoms with E-state index < -0.39 is 6.04 Å². The molecule has 8 heteroatoms. The van der Waals surface area contributed by atoms with E-state index in [2.05, 4.69) is 5.32 Å². The predicted octanol–water partition coefficient (Wildman–Crippen LogP) is 6.85. The number of hydrogen-bond acceptors (Lipinski definition) is 3. The number of amides is 2. The standard InChI is InChI=1S/C24H29Cl3N2O2S/c1-4-16(2)28-24(31)17(3)29(15-18-7-12-21(26)22(27)14-18)23(30)6-5-13-32-20-10-8-19(25)9-11-20/h7-12,14,16-17H,4-6,13,15H2,1-3H3,(H,28,31)/t16-,17-/m0/s1. The molecular weight excluding hydrogens is 487 g/mol. The first kappa shape index (κ1) is 26.8. The van der Waals surface area contributed by atoms with Gasteiger partial charge in [-0.15, -0.1) is 11.8 Å². The smallest absolute Gasteiger partial charge is 0.242 e. The third-order valence-corrected chi connectivity index (χ3v) is 7.21. The zero-order chi connectivity index (χ0) is 23.7. The highest BCUT2D eigenvalue weighted by atomic mass is 35.5. The summed E-state index contributed by atoms with van der Waals surface area (Å²) in [5.41, 5.74) is 0.825. The van der Waals surface area contributed by atoms with Gasteiger partial charge < -0.3 is 10.2 Å². The van der Waals surface area contributed by atoms with E-state index in [9.17, 15) is 9.59 Å². The molecule has 2 rings (SSSR count). The van der Waals surface area contributed by atoms with E-state index in [0.717, 1.165) is 22.6 Å². The van der Waals surface area contributed by atoms with Gasteiger partial charge in [-0.05, 0) is 74.4 Å².